The summed E-state index contributed by atoms with van der Waals surface area (Å²) < 4.78 is 11.5. The maximum Gasteiger partial charge on any atom is 0.161 e. The van der Waals surface area contributed by atoms with Crippen LogP contribution in [-0.2, 0) is 0 Å². The van der Waals surface area contributed by atoms with Crippen molar-refractivity contribution in [3.63, 3.8) is 0 Å². The van der Waals surface area contributed by atoms with Gasteiger partial charge in [0.25, 0.3) is 0 Å². The Labute approximate surface area is 126 Å². The van der Waals surface area contributed by atoms with Crippen LogP contribution in [0.5, 0.6) is 11.5 Å². The van der Waals surface area contributed by atoms with E-state index in [4.69, 9.17) is 9.47 Å². The first kappa shape index (κ1) is 15.2. The summed E-state index contributed by atoms with van der Waals surface area (Å²) in [6.07, 6.45) is 0.989. The number of ether oxygens (including phenoxy) is 2. The zero-order chi connectivity index (χ0) is 14.9. The number of hydrogen-bond acceptors (Lipinski definition) is 3. The Morgan fingerprint density at radius 3 is 2.29 bits per heavy atom. The monoisotopic (exact) mass is 285 g/mol. The van der Waals surface area contributed by atoms with Gasteiger partial charge in [0.15, 0.2) is 11.5 Å². The minimum Gasteiger partial charge on any atom is -0.490 e. The molecule has 2 aromatic carbocycles. The molecule has 0 aliphatic heterocycles. The van der Waals surface area contributed by atoms with E-state index in [0.717, 1.165) is 30.2 Å². The summed E-state index contributed by atoms with van der Waals surface area (Å²) in [5, 5.41) is 3.35. The van der Waals surface area contributed by atoms with Gasteiger partial charge in [-0.2, -0.15) is 0 Å². The van der Waals surface area contributed by atoms with E-state index in [9.17, 15) is 0 Å². The Balaban J connectivity index is 1.80. The van der Waals surface area contributed by atoms with Gasteiger partial charge in [-0.15, -0.1) is 0 Å². The molecule has 0 aromatic heterocycles. The quantitative estimate of drug-likeness (QED) is 0.735. The molecule has 0 aliphatic carbocycles. The Hall–Kier alpha value is -2.16. The van der Waals surface area contributed by atoms with Crippen molar-refractivity contribution in [2.45, 2.75) is 20.3 Å². The summed E-state index contributed by atoms with van der Waals surface area (Å²) >= 11 is 0. The number of rotatable bonds is 8. The minimum absolute atomic E-state index is 0.598. The van der Waals surface area contributed by atoms with E-state index >= 15 is 0 Å². The molecule has 3 nitrogen and oxygen atoms in total. The molecule has 2 aromatic rings. The van der Waals surface area contributed by atoms with Crippen LogP contribution in [0.4, 0.5) is 5.69 Å². The summed E-state index contributed by atoms with van der Waals surface area (Å²) in [4.78, 5) is 0. The summed E-state index contributed by atoms with van der Waals surface area (Å²) in [6, 6.07) is 16.1. The second kappa shape index (κ2) is 8.20. The molecule has 0 heterocycles. The van der Waals surface area contributed by atoms with Crippen molar-refractivity contribution in [1.29, 1.82) is 0 Å². The molecule has 112 valence electrons. The highest BCUT2D eigenvalue weighted by Crippen LogP contribution is 2.26. The second-order valence-electron chi connectivity index (χ2n) is 4.94. The number of aryl methyl sites for hydroxylation is 1. The molecule has 0 amide bonds. The molecule has 21 heavy (non-hydrogen) atoms. The molecule has 3 heteroatoms. The highest BCUT2D eigenvalue weighted by molar-refractivity contribution is 5.45. The van der Waals surface area contributed by atoms with Crippen LogP contribution in [0.1, 0.15) is 18.9 Å². The average Bonchev–Trinajstić information content (AvgIpc) is 2.50. The van der Waals surface area contributed by atoms with Gasteiger partial charge in [-0.3, -0.25) is 0 Å². The van der Waals surface area contributed by atoms with Crippen molar-refractivity contribution in [3.8, 4) is 11.5 Å². The van der Waals surface area contributed by atoms with Crippen LogP contribution in [-0.4, -0.2) is 19.8 Å². The lowest BCUT2D eigenvalue weighted by atomic mass is 10.2. The molecule has 0 spiro atoms. The van der Waals surface area contributed by atoms with Gasteiger partial charge in [0.1, 0.15) is 6.61 Å². The largest absolute Gasteiger partial charge is 0.490 e. The van der Waals surface area contributed by atoms with Crippen LogP contribution in [0.15, 0.2) is 48.5 Å². The van der Waals surface area contributed by atoms with Gasteiger partial charge in [-0.1, -0.05) is 31.2 Å². The third kappa shape index (κ3) is 5.03. The van der Waals surface area contributed by atoms with E-state index < -0.39 is 0 Å². The molecule has 0 fully saturated rings. The number of nitrogens with one attached hydrogen (secondary N) is 1. The Morgan fingerprint density at radius 1 is 0.905 bits per heavy atom. The van der Waals surface area contributed by atoms with Crippen LogP contribution in [0.3, 0.4) is 0 Å². The highest BCUT2D eigenvalue weighted by atomic mass is 16.5. The molecule has 2 rings (SSSR count). The maximum absolute atomic E-state index is 5.80. The lowest BCUT2D eigenvalue weighted by Gasteiger charge is -2.13. The van der Waals surface area contributed by atoms with Crippen molar-refractivity contribution < 1.29 is 9.47 Å². The summed E-state index contributed by atoms with van der Waals surface area (Å²) in [5.41, 5.74) is 2.37. The maximum atomic E-state index is 5.80. The zero-order valence-electron chi connectivity index (χ0n) is 12.8. The van der Waals surface area contributed by atoms with Gasteiger partial charge in [-0.25, -0.2) is 0 Å². The van der Waals surface area contributed by atoms with Crippen molar-refractivity contribution in [2.75, 3.05) is 25.1 Å². The van der Waals surface area contributed by atoms with Crippen molar-refractivity contribution in [2.24, 2.45) is 0 Å². The van der Waals surface area contributed by atoms with E-state index in [0.29, 0.717) is 13.2 Å². The fraction of sp³-hybridized carbons (Fsp3) is 0.333. The Kier molecular flexibility index (Phi) is 5.95. The first-order valence-corrected chi connectivity index (χ1v) is 7.44. The van der Waals surface area contributed by atoms with Crippen molar-refractivity contribution in [1.82, 2.24) is 0 Å². The molecule has 0 aliphatic rings. The topological polar surface area (TPSA) is 30.5 Å². The van der Waals surface area contributed by atoms with Crippen LogP contribution in [0, 0.1) is 6.92 Å². The Bertz CT molecular complexity index is 554. The average molecular weight is 285 g/mol. The van der Waals surface area contributed by atoms with Gasteiger partial charge in [0.2, 0.25) is 0 Å². The molecule has 0 saturated carbocycles. The van der Waals surface area contributed by atoms with E-state index in [1.165, 1.54) is 5.56 Å². The molecule has 0 bridgehead atoms. The van der Waals surface area contributed by atoms with Crippen LogP contribution < -0.4 is 14.8 Å². The highest BCUT2D eigenvalue weighted by Gasteiger charge is 2.03. The van der Waals surface area contributed by atoms with Gasteiger partial charge in [0.05, 0.1) is 6.61 Å². The van der Waals surface area contributed by atoms with Crippen LogP contribution in [0.2, 0.25) is 0 Å². The van der Waals surface area contributed by atoms with Crippen molar-refractivity contribution >= 4 is 5.69 Å². The fourth-order valence-corrected chi connectivity index (χ4v) is 2.01. The summed E-state index contributed by atoms with van der Waals surface area (Å²) in [7, 11) is 0. The number of para-hydroxylation sites is 2. The molecular weight excluding hydrogens is 262 g/mol. The third-order valence-electron chi connectivity index (χ3n) is 3.02. The van der Waals surface area contributed by atoms with Crippen molar-refractivity contribution in [3.05, 3.63) is 54.1 Å². The molecule has 0 atom stereocenters. The normalized spacial score (nSPS) is 10.2. The van der Waals surface area contributed by atoms with Gasteiger partial charge in [0, 0.05) is 12.2 Å². The first-order valence-electron chi connectivity index (χ1n) is 7.44. The molecule has 1 N–H and O–H groups in total. The van der Waals surface area contributed by atoms with Gasteiger partial charge >= 0.3 is 0 Å². The molecule has 0 unspecified atom stereocenters. The lowest BCUT2D eigenvalue weighted by molar-refractivity contribution is 0.274. The molecule has 0 radical (unpaired) electrons. The Morgan fingerprint density at radius 2 is 1.62 bits per heavy atom. The fourth-order valence-electron chi connectivity index (χ4n) is 2.01. The van der Waals surface area contributed by atoms with E-state index in [-0.39, 0.29) is 0 Å². The van der Waals surface area contributed by atoms with E-state index in [1.54, 1.807) is 0 Å². The first-order chi connectivity index (χ1) is 10.3. The molecule has 0 saturated heterocycles. The van der Waals surface area contributed by atoms with E-state index in [1.807, 2.05) is 30.3 Å². The zero-order valence-corrected chi connectivity index (χ0v) is 12.8. The number of benzene rings is 2. The molecular formula is C18H23NO2. The standard InChI is InChI=1S/C18H23NO2/c1-3-12-20-17-9-4-5-10-18(17)21-13-11-19-16-8-6-7-15(2)14-16/h4-10,14,19H,3,11-13H2,1-2H3. The van der Waals surface area contributed by atoms with E-state index in [2.05, 4.69) is 37.4 Å². The van der Waals surface area contributed by atoms with Gasteiger partial charge in [-0.05, 0) is 43.2 Å². The smallest absolute Gasteiger partial charge is 0.161 e. The lowest BCUT2D eigenvalue weighted by Crippen LogP contribution is -2.12. The van der Waals surface area contributed by atoms with Crippen LogP contribution in [0.25, 0.3) is 0 Å². The van der Waals surface area contributed by atoms with Gasteiger partial charge < -0.3 is 14.8 Å². The SMILES string of the molecule is CCCOc1ccccc1OCCNc1cccc(C)c1. The summed E-state index contributed by atoms with van der Waals surface area (Å²) in [6.45, 7) is 6.24. The second-order valence-corrected chi connectivity index (χ2v) is 4.94. The third-order valence-corrected chi connectivity index (χ3v) is 3.02. The minimum atomic E-state index is 0.598. The number of anilines is 1. The number of hydrogen-bond donors (Lipinski definition) is 1. The predicted octanol–water partition coefficient (Wildman–Crippen LogP) is 4.27. The predicted molar refractivity (Wildman–Crippen MR) is 87.4 cm³/mol. The van der Waals surface area contributed by atoms with Crippen LogP contribution >= 0.6 is 0 Å². The summed E-state index contributed by atoms with van der Waals surface area (Å²) in [5.74, 6) is 1.62.